The average molecular weight is 239 g/mol. The third kappa shape index (κ3) is 3.17. The second kappa shape index (κ2) is 5.96. The van der Waals surface area contributed by atoms with Gasteiger partial charge in [0.05, 0.1) is 5.52 Å². The van der Waals surface area contributed by atoms with Crippen LogP contribution < -0.4 is 0 Å². The predicted octanol–water partition coefficient (Wildman–Crippen LogP) is 3.77. The van der Waals surface area contributed by atoms with Crippen LogP contribution in [0.1, 0.15) is 25.6 Å². The number of nitrogens with zero attached hydrogens (tertiary/aromatic N) is 2. The molecule has 0 saturated carbocycles. The third-order valence-electron chi connectivity index (χ3n) is 2.58. The van der Waals surface area contributed by atoms with E-state index < -0.39 is 0 Å². The summed E-state index contributed by atoms with van der Waals surface area (Å²) in [6.45, 7) is 4.22. The van der Waals surface area contributed by atoms with E-state index in [0.29, 0.717) is 5.92 Å². The van der Waals surface area contributed by atoms with E-state index in [1.807, 2.05) is 36.7 Å². The molecule has 0 atom stereocenters. The van der Waals surface area contributed by atoms with Crippen molar-refractivity contribution in [3.8, 4) is 0 Å². The van der Waals surface area contributed by atoms with Crippen LogP contribution in [-0.4, -0.2) is 15.0 Å². The van der Waals surface area contributed by atoms with Crippen molar-refractivity contribution in [3.63, 3.8) is 0 Å². The fourth-order valence-corrected chi connectivity index (χ4v) is 1.61. The van der Waals surface area contributed by atoms with Crippen molar-refractivity contribution in [1.29, 1.82) is 0 Å². The number of hydrogen-bond acceptors (Lipinski definition) is 2. The van der Waals surface area contributed by atoms with Crippen LogP contribution in [0.2, 0.25) is 0 Å². The minimum atomic E-state index is 0.519. The van der Waals surface area contributed by atoms with Gasteiger partial charge in [0, 0.05) is 29.9 Å². The fourth-order valence-electron chi connectivity index (χ4n) is 1.61. The van der Waals surface area contributed by atoms with E-state index in [9.17, 15) is 0 Å². The summed E-state index contributed by atoms with van der Waals surface area (Å²) >= 11 is 0. The number of fused-ring (bicyclic) bond motifs is 1. The zero-order valence-corrected chi connectivity index (χ0v) is 10.7. The van der Waals surface area contributed by atoms with Crippen molar-refractivity contribution < 1.29 is 0 Å². The molecule has 0 aliphatic heterocycles. The van der Waals surface area contributed by atoms with Crippen LogP contribution in [0.3, 0.4) is 0 Å². The summed E-state index contributed by atoms with van der Waals surface area (Å²) in [5, 5.41) is 1.20. The first-order valence-corrected chi connectivity index (χ1v) is 6.06. The highest BCUT2D eigenvalue weighted by Crippen LogP contribution is 2.08. The summed E-state index contributed by atoms with van der Waals surface area (Å²) in [6.07, 6.45) is 5.42. The maximum Gasteiger partial charge on any atom is 0.108 e. The third-order valence-corrected chi connectivity index (χ3v) is 2.58. The molecule has 0 unspecified atom stereocenters. The normalized spacial score (nSPS) is 10.2. The van der Waals surface area contributed by atoms with Gasteiger partial charge in [-0.05, 0) is 12.1 Å². The molecule has 3 heteroatoms. The Bertz CT molecular complexity index is 520. The van der Waals surface area contributed by atoms with Crippen LogP contribution in [0, 0.1) is 0 Å². The summed E-state index contributed by atoms with van der Waals surface area (Å²) in [5.41, 5.74) is 1.06. The quantitative estimate of drug-likeness (QED) is 0.702. The minimum absolute atomic E-state index is 0.519. The van der Waals surface area contributed by atoms with Gasteiger partial charge >= 0.3 is 0 Å². The average Bonchev–Trinajstić information content (AvgIpc) is 2.94. The van der Waals surface area contributed by atoms with E-state index in [4.69, 9.17) is 0 Å². The van der Waals surface area contributed by atoms with Gasteiger partial charge in [-0.3, -0.25) is 4.98 Å². The lowest BCUT2D eigenvalue weighted by Gasteiger charge is -1.95. The van der Waals surface area contributed by atoms with Crippen molar-refractivity contribution in [1.82, 2.24) is 15.0 Å². The maximum absolute atomic E-state index is 4.18. The zero-order chi connectivity index (χ0) is 12.8. The van der Waals surface area contributed by atoms with E-state index in [1.165, 1.54) is 5.39 Å². The molecule has 0 aliphatic carbocycles. The number of benzene rings is 1. The molecule has 3 aromatic rings. The summed E-state index contributed by atoms with van der Waals surface area (Å²) in [4.78, 5) is 11.3. The summed E-state index contributed by atoms with van der Waals surface area (Å²) in [6, 6.07) is 12.1. The molecule has 0 amide bonds. The number of para-hydroxylation sites is 1. The van der Waals surface area contributed by atoms with E-state index in [1.54, 1.807) is 6.20 Å². The van der Waals surface area contributed by atoms with Gasteiger partial charge in [0.1, 0.15) is 5.82 Å². The number of rotatable bonds is 1. The van der Waals surface area contributed by atoms with Gasteiger partial charge in [-0.2, -0.15) is 0 Å². The van der Waals surface area contributed by atoms with Crippen molar-refractivity contribution in [3.05, 3.63) is 60.8 Å². The van der Waals surface area contributed by atoms with Crippen LogP contribution >= 0.6 is 0 Å². The first-order valence-electron chi connectivity index (χ1n) is 6.06. The number of aromatic amines is 1. The molecular weight excluding hydrogens is 222 g/mol. The molecular formula is C15H17N3. The lowest BCUT2D eigenvalue weighted by Crippen LogP contribution is -1.87. The molecule has 0 radical (unpaired) electrons. The van der Waals surface area contributed by atoms with Gasteiger partial charge in [0.25, 0.3) is 0 Å². The first-order chi connectivity index (χ1) is 8.77. The molecule has 0 bridgehead atoms. The van der Waals surface area contributed by atoms with Gasteiger partial charge < -0.3 is 4.98 Å². The SMILES string of the molecule is CC(C)c1ncc[nH]1.c1ccc2ncccc2c1. The van der Waals surface area contributed by atoms with Crippen molar-refractivity contribution in [2.75, 3.05) is 0 Å². The highest BCUT2D eigenvalue weighted by molar-refractivity contribution is 5.77. The molecule has 92 valence electrons. The number of aromatic nitrogens is 3. The minimum Gasteiger partial charge on any atom is -0.348 e. The lowest BCUT2D eigenvalue weighted by atomic mass is 10.2. The Morgan fingerprint density at radius 1 is 0.944 bits per heavy atom. The molecule has 2 aromatic heterocycles. The summed E-state index contributed by atoms with van der Waals surface area (Å²) < 4.78 is 0. The lowest BCUT2D eigenvalue weighted by molar-refractivity contribution is 0.794. The Morgan fingerprint density at radius 3 is 2.33 bits per heavy atom. The van der Waals surface area contributed by atoms with Crippen LogP contribution in [0.5, 0.6) is 0 Å². The number of H-pyrrole nitrogens is 1. The van der Waals surface area contributed by atoms with Crippen LogP contribution in [-0.2, 0) is 0 Å². The van der Waals surface area contributed by atoms with Gasteiger partial charge in [0.15, 0.2) is 0 Å². The maximum atomic E-state index is 4.18. The molecule has 3 nitrogen and oxygen atoms in total. The van der Waals surface area contributed by atoms with Gasteiger partial charge in [-0.1, -0.05) is 38.1 Å². The number of nitrogens with one attached hydrogen (secondary N) is 1. The second-order valence-electron chi connectivity index (χ2n) is 4.33. The molecule has 0 spiro atoms. The molecule has 3 rings (SSSR count). The smallest absolute Gasteiger partial charge is 0.108 e. The first kappa shape index (κ1) is 12.3. The standard InChI is InChI=1S/C9H7N.C6H10N2/c1-2-6-9-8(4-1)5-3-7-10-9;1-5(2)6-7-3-4-8-6/h1-7H;3-5H,1-2H3,(H,7,8). The predicted molar refractivity (Wildman–Crippen MR) is 74.4 cm³/mol. The molecule has 2 heterocycles. The van der Waals surface area contributed by atoms with Crippen molar-refractivity contribution >= 4 is 10.9 Å². The monoisotopic (exact) mass is 239 g/mol. The highest BCUT2D eigenvalue weighted by Gasteiger charge is 1.96. The molecule has 0 fully saturated rings. The van der Waals surface area contributed by atoms with Gasteiger partial charge in [-0.25, -0.2) is 4.98 Å². The van der Waals surface area contributed by atoms with Crippen molar-refractivity contribution in [2.45, 2.75) is 19.8 Å². The van der Waals surface area contributed by atoms with E-state index in [0.717, 1.165) is 11.3 Å². The Hall–Kier alpha value is -2.16. The zero-order valence-electron chi connectivity index (χ0n) is 10.7. The molecule has 1 N–H and O–H groups in total. The molecule has 0 aliphatic rings. The second-order valence-corrected chi connectivity index (χ2v) is 4.33. The molecule has 1 aromatic carbocycles. The topological polar surface area (TPSA) is 41.6 Å². The highest BCUT2D eigenvalue weighted by atomic mass is 14.9. The Labute approximate surface area is 107 Å². The van der Waals surface area contributed by atoms with Crippen molar-refractivity contribution in [2.24, 2.45) is 0 Å². The number of pyridine rings is 1. The summed E-state index contributed by atoms with van der Waals surface area (Å²) in [5.74, 6) is 1.58. The summed E-state index contributed by atoms with van der Waals surface area (Å²) in [7, 11) is 0. The van der Waals surface area contributed by atoms with Gasteiger partial charge in [-0.15, -0.1) is 0 Å². The number of imidazole rings is 1. The van der Waals surface area contributed by atoms with Crippen LogP contribution in [0.4, 0.5) is 0 Å². The molecule has 0 saturated heterocycles. The largest absolute Gasteiger partial charge is 0.348 e. The van der Waals surface area contributed by atoms with E-state index in [2.05, 4.69) is 40.9 Å². The molecule has 18 heavy (non-hydrogen) atoms. The van der Waals surface area contributed by atoms with Crippen LogP contribution in [0.15, 0.2) is 55.0 Å². The Kier molecular flexibility index (Phi) is 4.07. The van der Waals surface area contributed by atoms with E-state index >= 15 is 0 Å². The van der Waals surface area contributed by atoms with Crippen LogP contribution in [0.25, 0.3) is 10.9 Å². The number of hydrogen-bond donors (Lipinski definition) is 1. The fraction of sp³-hybridized carbons (Fsp3) is 0.200. The Balaban J connectivity index is 0.000000138. The Morgan fingerprint density at radius 2 is 1.72 bits per heavy atom. The van der Waals surface area contributed by atoms with Gasteiger partial charge in [0.2, 0.25) is 0 Å². The van der Waals surface area contributed by atoms with E-state index in [-0.39, 0.29) is 0 Å².